The van der Waals surface area contributed by atoms with Gasteiger partial charge in [-0.3, -0.25) is 0 Å². The molecule has 0 saturated heterocycles. The van der Waals surface area contributed by atoms with E-state index in [2.05, 4.69) is 0 Å². The Balaban J connectivity index is 4.91. The Bertz CT molecular complexity index is 255. The van der Waals surface area contributed by atoms with Gasteiger partial charge in [-0.15, -0.1) is 0 Å². The molecular formula is C12H24O6. The quantitative estimate of drug-likeness (QED) is 0.422. The van der Waals surface area contributed by atoms with Crippen LogP contribution in [0.3, 0.4) is 0 Å². The first-order chi connectivity index (χ1) is 8.16. The second-order valence-electron chi connectivity index (χ2n) is 5.07. The molecule has 6 heteroatoms. The lowest BCUT2D eigenvalue weighted by Crippen LogP contribution is -2.58. The predicted molar refractivity (Wildman–Crippen MR) is 65.0 cm³/mol. The van der Waals surface area contributed by atoms with Crippen LogP contribution in [0.4, 0.5) is 0 Å². The first kappa shape index (κ1) is 17.5. The largest absolute Gasteiger partial charge is 0.387 e. The molecule has 0 rings (SSSR count). The van der Waals surface area contributed by atoms with Gasteiger partial charge in [0.25, 0.3) is 0 Å². The number of aldehydes is 1. The van der Waals surface area contributed by atoms with E-state index in [0.717, 1.165) is 0 Å². The average Bonchev–Trinajstić information content (AvgIpc) is 2.32. The van der Waals surface area contributed by atoms with Gasteiger partial charge in [-0.2, -0.15) is 0 Å². The molecule has 0 heterocycles. The molecule has 0 aliphatic carbocycles. The molecule has 4 unspecified atom stereocenters. The lowest BCUT2D eigenvalue weighted by Gasteiger charge is -2.39. The summed E-state index contributed by atoms with van der Waals surface area (Å²) in [7, 11) is 0. The van der Waals surface area contributed by atoms with E-state index in [9.17, 15) is 25.2 Å². The maximum Gasteiger partial charge on any atom is 0.151 e. The van der Waals surface area contributed by atoms with Crippen LogP contribution in [-0.4, -0.2) is 63.3 Å². The van der Waals surface area contributed by atoms with E-state index in [1.54, 1.807) is 27.7 Å². The van der Waals surface area contributed by atoms with Crippen LogP contribution in [0.15, 0.2) is 0 Å². The van der Waals surface area contributed by atoms with Gasteiger partial charge in [0, 0.05) is 0 Å². The van der Waals surface area contributed by atoms with E-state index >= 15 is 0 Å². The molecule has 0 radical (unpaired) electrons. The smallest absolute Gasteiger partial charge is 0.151 e. The van der Waals surface area contributed by atoms with Gasteiger partial charge in [0.2, 0.25) is 0 Å². The molecule has 108 valence electrons. The van der Waals surface area contributed by atoms with Crippen LogP contribution in [0.2, 0.25) is 0 Å². The van der Waals surface area contributed by atoms with Crippen LogP contribution in [0, 0.1) is 5.92 Å². The summed E-state index contributed by atoms with van der Waals surface area (Å²) in [4.78, 5) is 10.4. The van der Waals surface area contributed by atoms with Crippen molar-refractivity contribution in [3.05, 3.63) is 0 Å². The summed E-state index contributed by atoms with van der Waals surface area (Å²) >= 11 is 0. The van der Waals surface area contributed by atoms with Crippen molar-refractivity contribution < 1.29 is 30.0 Å². The predicted octanol–water partition coefficient (Wildman–Crippen LogP) is -0.920. The van der Waals surface area contributed by atoms with Gasteiger partial charge >= 0.3 is 0 Å². The fourth-order valence-corrected chi connectivity index (χ4v) is 1.46. The molecule has 0 bridgehead atoms. The minimum atomic E-state index is -1.76. The average molecular weight is 264 g/mol. The molecule has 0 fully saturated rings. The number of aliphatic hydroxyl groups excluding tert-OH is 3. The number of carbonyl (C=O) groups excluding carboxylic acids is 1. The van der Waals surface area contributed by atoms with E-state index in [-0.39, 0.29) is 19.0 Å². The fourth-order valence-electron chi connectivity index (χ4n) is 1.46. The van der Waals surface area contributed by atoms with Crippen LogP contribution in [0.5, 0.6) is 0 Å². The van der Waals surface area contributed by atoms with Crippen molar-refractivity contribution in [3.8, 4) is 0 Å². The number of ether oxygens (including phenoxy) is 1. The van der Waals surface area contributed by atoms with Crippen molar-refractivity contribution >= 4 is 6.29 Å². The second-order valence-corrected chi connectivity index (χ2v) is 5.07. The SMILES string of the molecule is CC(C)OCC(O)(C(C)C)C(O)C(O)C(O)C=O. The number of carbonyl (C=O) groups is 1. The summed E-state index contributed by atoms with van der Waals surface area (Å²) < 4.78 is 5.26. The molecule has 6 nitrogen and oxygen atoms in total. The summed E-state index contributed by atoms with van der Waals surface area (Å²) in [6.45, 7) is 6.62. The molecule has 0 saturated carbocycles. The Labute approximate surface area is 107 Å². The topological polar surface area (TPSA) is 107 Å². The van der Waals surface area contributed by atoms with E-state index in [1.807, 2.05) is 0 Å². The molecule has 0 aromatic carbocycles. The maximum absolute atomic E-state index is 10.4. The van der Waals surface area contributed by atoms with Crippen molar-refractivity contribution in [1.82, 2.24) is 0 Å². The third-order valence-electron chi connectivity index (χ3n) is 2.97. The highest BCUT2D eigenvalue weighted by Crippen LogP contribution is 2.25. The zero-order valence-electron chi connectivity index (χ0n) is 11.3. The third kappa shape index (κ3) is 4.29. The zero-order valence-corrected chi connectivity index (χ0v) is 11.3. The van der Waals surface area contributed by atoms with Crippen LogP contribution >= 0.6 is 0 Å². The Morgan fingerprint density at radius 3 is 2.00 bits per heavy atom. The number of hydrogen-bond acceptors (Lipinski definition) is 6. The van der Waals surface area contributed by atoms with Gasteiger partial charge in [-0.1, -0.05) is 13.8 Å². The first-order valence-corrected chi connectivity index (χ1v) is 6.00. The Morgan fingerprint density at radius 2 is 1.67 bits per heavy atom. The van der Waals surface area contributed by atoms with E-state index in [0.29, 0.717) is 0 Å². The van der Waals surface area contributed by atoms with Crippen molar-refractivity contribution in [2.75, 3.05) is 6.61 Å². The van der Waals surface area contributed by atoms with Crippen LogP contribution < -0.4 is 0 Å². The van der Waals surface area contributed by atoms with Crippen LogP contribution in [0.25, 0.3) is 0 Å². The van der Waals surface area contributed by atoms with Crippen molar-refractivity contribution in [2.45, 2.75) is 57.7 Å². The summed E-state index contributed by atoms with van der Waals surface area (Å²) in [6, 6.07) is 0. The number of hydrogen-bond donors (Lipinski definition) is 4. The van der Waals surface area contributed by atoms with Gasteiger partial charge < -0.3 is 30.0 Å². The summed E-state index contributed by atoms with van der Waals surface area (Å²) in [6.07, 6.45) is -5.24. The molecule has 4 N–H and O–H groups in total. The minimum absolute atomic E-state index is 0.109. The molecule has 0 amide bonds. The van der Waals surface area contributed by atoms with Crippen molar-refractivity contribution in [2.24, 2.45) is 5.92 Å². The first-order valence-electron chi connectivity index (χ1n) is 6.00. The van der Waals surface area contributed by atoms with Gasteiger partial charge in [0.15, 0.2) is 6.29 Å². The maximum atomic E-state index is 10.4. The van der Waals surface area contributed by atoms with Crippen molar-refractivity contribution in [1.29, 1.82) is 0 Å². The minimum Gasteiger partial charge on any atom is -0.387 e. The molecular weight excluding hydrogens is 240 g/mol. The summed E-state index contributed by atoms with van der Waals surface area (Å²) in [5.74, 6) is -0.431. The second kappa shape index (κ2) is 7.16. The van der Waals surface area contributed by atoms with Crippen molar-refractivity contribution in [3.63, 3.8) is 0 Å². The fraction of sp³-hybridized carbons (Fsp3) is 0.917. The Hall–Kier alpha value is -0.530. The van der Waals surface area contributed by atoms with E-state index in [1.165, 1.54) is 0 Å². The third-order valence-corrected chi connectivity index (χ3v) is 2.97. The molecule has 0 spiro atoms. The molecule has 0 aromatic heterocycles. The normalized spacial score (nSPS) is 20.6. The standard InChI is InChI=1S/C12H24O6/c1-7(2)12(17,6-18-8(3)4)11(16)10(15)9(14)5-13/h5,7-11,14-17H,6H2,1-4H3. The Morgan fingerprint density at radius 1 is 1.17 bits per heavy atom. The summed E-state index contributed by atoms with van der Waals surface area (Å²) in [5, 5.41) is 39.1. The van der Waals surface area contributed by atoms with E-state index < -0.39 is 29.8 Å². The van der Waals surface area contributed by atoms with E-state index in [4.69, 9.17) is 4.74 Å². The molecule has 0 aliphatic heterocycles. The van der Waals surface area contributed by atoms with Crippen LogP contribution in [-0.2, 0) is 9.53 Å². The van der Waals surface area contributed by atoms with Gasteiger partial charge in [-0.25, -0.2) is 0 Å². The molecule has 0 aliphatic rings. The van der Waals surface area contributed by atoms with Gasteiger partial charge in [0.1, 0.15) is 23.9 Å². The highest BCUT2D eigenvalue weighted by molar-refractivity contribution is 5.56. The van der Waals surface area contributed by atoms with Gasteiger partial charge in [-0.05, 0) is 19.8 Å². The highest BCUT2D eigenvalue weighted by Gasteiger charge is 2.45. The highest BCUT2D eigenvalue weighted by atomic mass is 16.5. The molecule has 18 heavy (non-hydrogen) atoms. The van der Waals surface area contributed by atoms with Crippen LogP contribution in [0.1, 0.15) is 27.7 Å². The number of rotatable bonds is 8. The zero-order chi connectivity index (χ0) is 14.5. The molecule has 0 aromatic rings. The number of aliphatic hydroxyl groups is 4. The monoisotopic (exact) mass is 264 g/mol. The summed E-state index contributed by atoms with van der Waals surface area (Å²) in [5.41, 5.74) is -1.74. The molecule has 4 atom stereocenters. The van der Waals surface area contributed by atoms with Gasteiger partial charge in [0.05, 0.1) is 12.7 Å². The lowest BCUT2D eigenvalue weighted by atomic mass is 9.82. The lowest BCUT2D eigenvalue weighted by molar-refractivity contribution is -0.196. The Kier molecular flexibility index (Phi) is 6.94.